The van der Waals surface area contributed by atoms with Gasteiger partial charge in [-0.2, -0.15) is 13.2 Å². The predicted molar refractivity (Wildman–Crippen MR) is 86.4 cm³/mol. The number of rotatable bonds is 5. The standard InChI is InChI=1S/C17H15ClF3NO3/c18-13-4-1-11(7-12(13)17(19,20)21)9-22-16(25)6-3-10-2-5-14(23)15(24)8-10/h1-2,4-5,7-8,23-24H,3,6,9H2,(H,22,25). The van der Waals surface area contributed by atoms with Crippen LogP contribution in [-0.2, 0) is 23.9 Å². The molecule has 0 saturated heterocycles. The van der Waals surface area contributed by atoms with Crippen LogP contribution in [0.1, 0.15) is 23.1 Å². The van der Waals surface area contributed by atoms with Crippen molar-refractivity contribution in [3.63, 3.8) is 0 Å². The van der Waals surface area contributed by atoms with Gasteiger partial charge in [-0.1, -0.05) is 23.7 Å². The average Bonchev–Trinajstić information content (AvgIpc) is 2.54. The second-order valence-electron chi connectivity index (χ2n) is 5.41. The van der Waals surface area contributed by atoms with Crippen molar-refractivity contribution in [3.05, 3.63) is 58.1 Å². The molecule has 0 atom stereocenters. The Morgan fingerprint density at radius 3 is 2.36 bits per heavy atom. The third kappa shape index (κ3) is 5.29. The van der Waals surface area contributed by atoms with Crippen LogP contribution in [0.25, 0.3) is 0 Å². The summed E-state index contributed by atoms with van der Waals surface area (Å²) in [5.41, 5.74) is -0.0101. The molecule has 0 unspecified atom stereocenters. The molecule has 4 nitrogen and oxygen atoms in total. The largest absolute Gasteiger partial charge is 0.504 e. The van der Waals surface area contributed by atoms with Gasteiger partial charge in [0, 0.05) is 13.0 Å². The average molecular weight is 374 g/mol. The molecule has 8 heteroatoms. The van der Waals surface area contributed by atoms with E-state index in [2.05, 4.69) is 5.32 Å². The molecule has 0 heterocycles. The Balaban J connectivity index is 1.90. The van der Waals surface area contributed by atoms with Gasteiger partial charge in [-0.05, 0) is 41.8 Å². The SMILES string of the molecule is O=C(CCc1ccc(O)c(O)c1)NCc1ccc(Cl)c(C(F)(F)F)c1. The van der Waals surface area contributed by atoms with Gasteiger partial charge in [0.2, 0.25) is 5.91 Å². The lowest BCUT2D eigenvalue weighted by Gasteiger charge is -2.11. The minimum Gasteiger partial charge on any atom is -0.504 e. The number of alkyl halides is 3. The lowest BCUT2D eigenvalue weighted by molar-refractivity contribution is -0.137. The van der Waals surface area contributed by atoms with E-state index in [0.29, 0.717) is 12.0 Å². The summed E-state index contributed by atoms with van der Waals surface area (Å²) in [6.45, 7) is -0.0556. The number of phenolic OH excluding ortho intramolecular Hbond substituents is 2. The molecule has 0 aliphatic rings. The highest BCUT2D eigenvalue weighted by molar-refractivity contribution is 6.31. The molecule has 2 rings (SSSR count). The maximum absolute atomic E-state index is 12.8. The molecule has 0 aliphatic carbocycles. The van der Waals surface area contributed by atoms with Gasteiger partial charge in [0.1, 0.15) is 0 Å². The van der Waals surface area contributed by atoms with Gasteiger partial charge in [-0.25, -0.2) is 0 Å². The van der Waals surface area contributed by atoms with E-state index >= 15 is 0 Å². The molecule has 134 valence electrons. The second kappa shape index (κ2) is 7.65. The molecule has 25 heavy (non-hydrogen) atoms. The second-order valence-corrected chi connectivity index (χ2v) is 5.82. The summed E-state index contributed by atoms with van der Waals surface area (Å²) in [6, 6.07) is 7.69. The molecule has 2 aromatic rings. The number of halogens is 4. The zero-order chi connectivity index (χ0) is 18.6. The van der Waals surface area contributed by atoms with Crippen LogP contribution in [0, 0.1) is 0 Å². The van der Waals surface area contributed by atoms with Crippen molar-refractivity contribution >= 4 is 17.5 Å². The fourth-order valence-corrected chi connectivity index (χ4v) is 2.40. The molecule has 0 spiro atoms. The summed E-state index contributed by atoms with van der Waals surface area (Å²) in [5.74, 6) is -0.883. The molecule has 0 aromatic heterocycles. The Labute approximate surface area is 146 Å². The highest BCUT2D eigenvalue weighted by Gasteiger charge is 2.33. The highest BCUT2D eigenvalue weighted by atomic mass is 35.5. The van der Waals surface area contributed by atoms with Crippen molar-refractivity contribution < 1.29 is 28.2 Å². The topological polar surface area (TPSA) is 69.6 Å². The van der Waals surface area contributed by atoms with Gasteiger partial charge in [-0.15, -0.1) is 0 Å². The zero-order valence-electron chi connectivity index (χ0n) is 12.9. The molecule has 1 amide bonds. The molecular weight excluding hydrogens is 359 g/mol. The van der Waals surface area contributed by atoms with E-state index in [1.807, 2.05) is 0 Å². The first kappa shape index (κ1) is 18.9. The Hall–Kier alpha value is -2.41. The molecule has 2 aromatic carbocycles. The van der Waals surface area contributed by atoms with Gasteiger partial charge >= 0.3 is 6.18 Å². The number of aromatic hydroxyl groups is 2. The van der Waals surface area contributed by atoms with Gasteiger partial charge in [0.05, 0.1) is 10.6 Å². The van der Waals surface area contributed by atoms with Gasteiger partial charge < -0.3 is 15.5 Å². The van der Waals surface area contributed by atoms with Crippen LogP contribution in [0.3, 0.4) is 0 Å². The summed E-state index contributed by atoms with van der Waals surface area (Å²) in [4.78, 5) is 11.8. The van der Waals surface area contributed by atoms with E-state index in [4.69, 9.17) is 11.6 Å². The number of hydrogen-bond acceptors (Lipinski definition) is 3. The maximum Gasteiger partial charge on any atom is 0.417 e. The number of aryl methyl sites for hydroxylation is 1. The first-order valence-electron chi connectivity index (χ1n) is 7.30. The molecule has 0 bridgehead atoms. The number of nitrogens with one attached hydrogen (secondary N) is 1. The third-order valence-corrected chi connectivity index (χ3v) is 3.84. The summed E-state index contributed by atoms with van der Waals surface area (Å²) in [6.07, 6.45) is -4.16. The summed E-state index contributed by atoms with van der Waals surface area (Å²) >= 11 is 5.54. The van der Waals surface area contributed by atoms with E-state index in [-0.39, 0.29) is 35.9 Å². The van der Waals surface area contributed by atoms with Crippen LogP contribution in [0.4, 0.5) is 13.2 Å². The molecule has 0 fully saturated rings. The van der Waals surface area contributed by atoms with Crippen molar-refractivity contribution in [3.8, 4) is 11.5 Å². The van der Waals surface area contributed by atoms with Crippen molar-refractivity contribution in [2.75, 3.05) is 0 Å². The van der Waals surface area contributed by atoms with Gasteiger partial charge in [-0.3, -0.25) is 4.79 Å². The summed E-state index contributed by atoms with van der Waals surface area (Å²) < 4.78 is 38.4. The molecule has 0 aliphatic heterocycles. The van der Waals surface area contributed by atoms with E-state index in [0.717, 1.165) is 12.1 Å². The van der Waals surface area contributed by atoms with E-state index < -0.39 is 16.8 Å². The van der Waals surface area contributed by atoms with Crippen LogP contribution < -0.4 is 5.32 Å². The number of carbonyl (C=O) groups is 1. The number of phenols is 2. The number of hydrogen-bond donors (Lipinski definition) is 3. The smallest absolute Gasteiger partial charge is 0.417 e. The lowest BCUT2D eigenvalue weighted by atomic mass is 10.1. The quantitative estimate of drug-likeness (QED) is 0.693. The minimum absolute atomic E-state index is 0.0556. The van der Waals surface area contributed by atoms with E-state index in [1.165, 1.54) is 18.2 Å². The number of benzene rings is 2. The normalized spacial score (nSPS) is 11.4. The first-order chi connectivity index (χ1) is 11.7. The highest BCUT2D eigenvalue weighted by Crippen LogP contribution is 2.35. The fraction of sp³-hybridized carbons (Fsp3) is 0.235. The van der Waals surface area contributed by atoms with Crippen molar-refractivity contribution in [2.45, 2.75) is 25.6 Å². The number of carbonyl (C=O) groups excluding carboxylic acids is 1. The Bertz CT molecular complexity index is 778. The van der Waals surface area contributed by atoms with Crippen LogP contribution in [-0.4, -0.2) is 16.1 Å². The van der Waals surface area contributed by atoms with Gasteiger partial charge in [0.25, 0.3) is 0 Å². The number of amides is 1. The van der Waals surface area contributed by atoms with Crippen LogP contribution >= 0.6 is 11.6 Å². The Morgan fingerprint density at radius 2 is 1.72 bits per heavy atom. The van der Waals surface area contributed by atoms with E-state index in [9.17, 15) is 28.2 Å². The van der Waals surface area contributed by atoms with Crippen LogP contribution in [0.5, 0.6) is 11.5 Å². The third-order valence-electron chi connectivity index (χ3n) is 3.51. The van der Waals surface area contributed by atoms with Crippen molar-refractivity contribution in [1.82, 2.24) is 5.32 Å². The Kier molecular flexibility index (Phi) is 5.79. The monoisotopic (exact) mass is 373 g/mol. The Morgan fingerprint density at radius 1 is 1.04 bits per heavy atom. The predicted octanol–water partition coefficient (Wildman–Crippen LogP) is 4.02. The first-order valence-corrected chi connectivity index (χ1v) is 7.68. The molecule has 0 saturated carbocycles. The summed E-state index contributed by atoms with van der Waals surface area (Å²) in [5, 5.41) is 20.7. The van der Waals surface area contributed by atoms with E-state index in [1.54, 1.807) is 6.07 Å². The van der Waals surface area contributed by atoms with Crippen LogP contribution in [0.2, 0.25) is 5.02 Å². The zero-order valence-corrected chi connectivity index (χ0v) is 13.7. The molecule has 3 N–H and O–H groups in total. The maximum atomic E-state index is 12.8. The van der Waals surface area contributed by atoms with Crippen molar-refractivity contribution in [2.24, 2.45) is 0 Å². The fourth-order valence-electron chi connectivity index (χ4n) is 2.17. The van der Waals surface area contributed by atoms with Gasteiger partial charge in [0.15, 0.2) is 11.5 Å². The van der Waals surface area contributed by atoms with Crippen LogP contribution in [0.15, 0.2) is 36.4 Å². The summed E-state index contributed by atoms with van der Waals surface area (Å²) in [7, 11) is 0. The molecule has 0 radical (unpaired) electrons. The minimum atomic E-state index is -4.56. The molecular formula is C17H15ClF3NO3. The lowest BCUT2D eigenvalue weighted by Crippen LogP contribution is -2.23. The van der Waals surface area contributed by atoms with Crippen molar-refractivity contribution in [1.29, 1.82) is 0 Å².